The molecule has 0 saturated heterocycles. The highest BCUT2D eigenvalue weighted by Gasteiger charge is 2.15. The average molecular weight is 340 g/mol. The van der Waals surface area contributed by atoms with Gasteiger partial charge in [0.1, 0.15) is 22.7 Å². The van der Waals surface area contributed by atoms with E-state index in [2.05, 4.69) is 20.6 Å². The van der Waals surface area contributed by atoms with E-state index >= 15 is 0 Å². The molecule has 0 saturated carbocycles. The third-order valence-corrected chi connectivity index (χ3v) is 3.27. The van der Waals surface area contributed by atoms with Gasteiger partial charge in [-0.05, 0) is 39.0 Å². The maximum Gasteiger partial charge on any atom is 0.296 e. The summed E-state index contributed by atoms with van der Waals surface area (Å²) in [7, 11) is 1.55. The molecule has 2 heterocycles. The van der Waals surface area contributed by atoms with Crippen LogP contribution in [0.2, 0.25) is 0 Å². The molecule has 3 rings (SSSR count). The SMILES string of the molecule is CNC(=O)c1cc(Oc2ccc3nc(NC(C)(C)C)oc3c2)ccn1. The van der Waals surface area contributed by atoms with Gasteiger partial charge in [-0.25, -0.2) is 0 Å². The number of oxazole rings is 1. The molecule has 0 fully saturated rings. The molecule has 0 radical (unpaired) electrons. The molecule has 1 amide bonds. The number of hydrogen-bond donors (Lipinski definition) is 2. The minimum absolute atomic E-state index is 0.145. The minimum Gasteiger partial charge on any atom is -0.457 e. The standard InChI is InChI=1S/C18H20N4O3/c1-18(2,3)22-17-21-13-6-5-11(10-15(13)25-17)24-12-7-8-20-14(9-12)16(23)19-4/h5-10H,1-4H3,(H,19,23)(H,21,22). The van der Waals surface area contributed by atoms with Crippen molar-refractivity contribution in [3.8, 4) is 11.5 Å². The first-order valence-corrected chi connectivity index (χ1v) is 7.89. The molecular weight excluding hydrogens is 320 g/mol. The molecule has 0 atom stereocenters. The van der Waals surface area contributed by atoms with Gasteiger partial charge in [0, 0.05) is 30.9 Å². The van der Waals surface area contributed by atoms with E-state index in [0.717, 1.165) is 5.52 Å². The number of rotatable bonds is 4. The van der Waals surface area contributed by atoms with Gasteiger partial charge in [-0.2, -0.15) is 4.98 Å². The molecular formula is C18H20N4O3. The normalized spacial score (nSPS) is 11.4. The third-order valence-electron chi connectivity index (χ3n) is 3.27. The summed E-state index contributed by atoms with van der Waals surface area (Å²) in [4.78, 5) is 20.1. The summed E-state index contributed by atoms with van der Waals surface area (Å²) in [5, 5.41) is 5.73. The number of carbonyl (C=O) groups excluding carboxylic acids is 1. The van der Waals surface area contributed by atoms with Gasteiger partial charge >= 0.3 is 0 Å². The van der Waals surface area contributed by atoms with Crippen LogP contribution >= 0.6 is 0 Å². The molecule has 0 unspecified atom stereocenters. The highest BCUT2D eigenvalue weighted by atomic mass is 16.5. The van der Waals surface area contributed by atoms with Crippen LogP contribution < -0.4 is 15.4 Å². The van der Waals surface area contributed by atoms with Crippen molar-refractivity contribution in [3.05, 3.63) is 42.2 Å². The summed E-state index contributed by atoms with van der Waals surface area (Å²) in [6.07, 6.45) is 1.53. The van der Waals surface area contributed by atoms with E-state index < -0.39 is 0 Å². The molecule has 2 N–H and O–H groups in total. The van der Waals surface area contributed by atoms with Crippen molar-refractivity contribution in [2.24, 2.45) is 0 Å². The summed E-state index contributed by atoms with van der Waals surface area (Å²) in [6.45, 7) is 6.09. The van der Waals surface area contributed by atoms with Crippen LogP contribution in [0.5, 0.6) is 11.5 Å². The second kappa shape index (κ2) is 6.43. The maximum absolute atomic E-state index is 11.7. The fourth-order valence-electron chi connectivity index (χ4n) is 2.21. The number of nitrogens with zero attached hydrogens (tertiary/aromatic N) is 2. The number of carbonyl (C=O) groups is 1. The molecule has 2 aromatic heterocycles. The van der Waals surface area contributed by atoms with Crippen molar-refractivity contribution in [1.82, 2.24) is 15.3 Å². The lowest BCUT2D eigenvalue weighted by Gasteiger charge is -2.18. The topological polar surface area (TPSA) is 89.3 Å². The van der Waals surface area contributed by atoms with E-state index in [1.807, 2.05) is 26.8 Å². The molecule has 0 aliphatic heterocycles. The molecule has 0 aliphatic rings. The molecule has 25 heavy (non-hydrogen) atoms. The van der Waals surface area contributed by atoms with E-state index in [-0.39, 0.29) is 17.1 Å². The number of anilines is 1. The molecule has 1 aromatic carbocycles. The van der Waals surface area contributed by atoms with Crippen molar-refractivity contribution in [2.45, 2.75) is 26.3 Å². The van der Waals surface area contributed by atoms with Crippen LogP contribution in [0, 0.1) is 0 Å². The lowest BCUT2D eigenvalue weighted by atomic mass is 10.1. The number of fused-ring (bicyclic) bond motifs is 1. The van der Waals surface area contributed by atoms with Gasteiger partial charge in [-0.1, -0.05) is 0 Å². The van der Waals surface area contributed by atoms with Gasteiger partial charge in [0.15, 0.2) is 5.58 Å². The summed E-state index contributed by atoms with van der Waals surface area (Å²) < 4.78 is 11.5. The Bertz CT molecular complexity index is 912. The number of benzene rings is 1. The zero-order valence-corrected chi connectivity index (χ0v) is 14.6. The smallest absolute Gasteiger partial charge is 0.296 e. The molecule has 0 aliphatic carbocycles. The minimum atomic E-state index is -0.269. The monoisotopic (exact) mass is 340 g/mol. The average Bonchev–Trinajstić information content (AvgIpc) is 2.93. The summed E-state index contributed by atoms with van der Waals surface area (Å²) in [6, 6.07) is 9.11. The number of hydrogen-bond acceptors (Lipinski definition) is 6. The Morgan fingerprint density at radius 3 is 2.64 bits per heavy atom. The number of amides is 1. The summed E-state index contributed by atoms with van der Waals surface area (Å²) in [5.74, 6) is 0.828. The van der Waals surface area contributed by atoms with Crippen LogP contribution in [0.25, 0.3) is 11.1 Å². The molecule has 130 valence electrons. The van der Waals surface area contributed by atoms with E-state index in [1.54, 1.807) is 31.3 Å². The van der Waals surface area contributed by atoms with Gasteiger partial charge in [0.2, 0.25) is 0 Å². The fourth-order valence-corrected chi connectivity index (χ4v) is 2.21. The number of ether oxygens (including phenoxy) is 1. The van der Waals surface area contributed by atoms with Crippen molar-refractivity contribution in [3.63, 3.8) is 0 Å². The number of aromatic nitrogens is 2. The molecule has 0 spiro atoms. The van der Waals surface area contributed by atoms with Crippen LogP contribution in [0.15, 0.2) is 40.9 Å². The Balaban J connectivity index is 1.83. The van der Waals surface area contributed by atoms with Crippen molar-refractivity contribution < 1.29 is 13.9 Å². The first kappa shape index (κ1) is 16.8. The molecule has 3 aromatic rings. The largest absolute Gasteiger partial charge is 0.457 e. The predicted octanol–water partition coefficient (Wildman–Crippen LogP) is 3.59. The Labute approximate surface area is 145 Å². The van der Waals surface area contributed by atoms with Crippen molar-refractivity contribution in [2.75, 3.05) is 12.4 Å². The molecule has 7 nitrogen and oxygen atoms in total. The highest BCUT2D eigenvalue weighted by molar-refractivity contribution is 5.92. The first-order chi connectivity index (χ1) is 11.8. The quantitative estimate of drug-likeness (QED) is 0.754. The van der Waals surface area contributed by atoms with Gasteiger partial charge in [-0.15, -0.1) is 0 Å². The second-order valence-electron chi connectivity index (χ2n) is 6.58. The van der Waals surface area contributed by atoms with Gasteiger partial charge < -0.3 is 19.8 Å². The van der Waals surface area contributed by atoms with E-state index in [4.69, 9.17) is 9.15 Å². The Hall–Kier alpha value is -3.09. The van der Waals surface area contributed by atoms with Crippen LogP contribution in [-0.4, -0.2) is 28.5 Å². The van der Waals surface area contributed by atoms with Crippen molar-refractivity contribution >= 4 is 23.0 Å². The van der Waals surface area contributed by atoms with Gasteiger partial charge in [0.25, 0.3) is 11.9 Å². The van der Waals surface area contributed by atoms with E-state index in [1.165, 1.54) is 6.20 Å². The Morgan fingerprint density at radius 1 is 1.16 bits per heavy atom. The zero-order valence-electron chi connectivity index (χ0n) is 14.6. The summed E-state index contributed by atoms with van der Waals surface area (Å²) in [5.41, 5.74) is 1.50. The summed E-state index contributed by atoms with van der Waals surface area (Å²) >= 11 is 0. The van der Waals surface area contributed by atoms with E-state index in [0.29, 0.717) is 23.1 Å². The van der Waals surface area contributed by atoms with Gasteiger partial charge in [-0.3, -0.25) is 9.78 Å². The lowest BCUT2D eigenvalue weighted by molar-refractivity contribution is 0.0958. The third kappa shape index (κ3) is 4.06. The van der Waals surface area contributed by atoms with Gasteiger partial charge in [0.05, 0.1) is 0 Å². The lowest BCUT2D eigenvalue weighted by Crippen LogP contribution is -2.26. The number of pyridine rings is 1. The highest BCUT2D eigenvalue weighted by Crippen LogP contribution is 2.28. The van der Waals surface area contributed by atoms with Crippen LogP contribution in [0.1, 0.15) is 31.3 Å². The van der Waals surface area contributed by atoms with E-state index in [9.17, 15) is 4.79 Å². The zero-order chi connectivity index (χ0) is 18.0. The Kier molecular flexibility index (Phi) is 4.31. The molecule has 0 bridgehead atoms. The van der Waals surface area contributed by atoms with Crippen molar-refractivity contribution in [1.29, 1.82) is 0 Å². The number of nitrogens with one attached hydrogen (secondary N) is 2. The van der Waals surface area contributed by atoms with Crippen LogP contribution in [0.4, 0.5) is 6.01 Å². The van der Waals surface area contributed by atoms with Crippen LogP contribution in [0.3, 0.4) is 0 Å². The molecule has 7 heteroatoms. The predicted molar refractivity (Wildman–Crippen MR) is 95.1 cm³/mol. The van der Waals surface area contributed by atoms with Crippen LogP contribution in [-0.2, 0) is 0 Å². The fraction of sp³-hybridized carbons (Fsp3) is 0.278. The maximum atomic E-state index is 11.7. The second-order valence-corrected chi connectivity index (χ2v) is 6.58. The first-order valence-electron chi connectivity index (χ1n) is 7.89. The Morgan fingerprint density at radius 2 is 1.92 bits per heavy atom.